The molecule has 1 aromatic heterocycles. The highest BCUT2D eigenvalue weighted by Crippen LogP contribution is 2.50. The molecule has 1 amide bonds. The maximum absolute atomic E-state index is 11.9. The normalized spacial score (nSPS) is 19.2. The number of rotatable bonds is 3. The summed E-state index contributed by atoms with van der Waals surface area (Å²) in [7, 11) is 0. The summed E-state index contributed by atoms with van der Waals surface area (Å²) in [4.78, 5) is 16.0. The minimum absolute atomic E-state index is 0.124. The predicted octanol–water partition coefficient (Wildman–Crippen LogP) is 1.17. The molecule has 1 heterocycles. The van der Waals surface area contributed by atoms with Crippen LogP contribution in [0.5, 0.6) is 0 Å². The summed E-state index contributed by atoms with van der Waals surface area (Å²) in [5, 5.41) is 2.92. The molecule has 0 aliphatic heterocycles. The van der Waals surface area contributed by atoms with Crippen LogP contribution < -0.4 is 11.1 Å². The van der Waals surface area contributed by atoms with E-state index < -0.39 is 0 Å². The van der Waals surface area contributed by atoms with Gasteiger partial charge in [0, 0.05) is 18.3 Å². The summed E-state index contributed by atoms with van der Waals surface area (Å²) in [5.41, 5.74) is 6.87. The van der Waals surface area contributed by atoms with Gasteiger partial charge in [0.1, 0.15) is 5.69 Å². The third-order valence-corrected chi connectivity index (χ3v) is 3.56. The van der Waals surface area contributed by atoms with Crippen molar-refractivity contribution in [3.8, 4) is 11.8 Å². The molecule has 4 nitrogen and oxygen atoms in total. The molecule has 1 fully saturated rings. The van der Waals surface area contributed by atoms with Crippen LogP contribution in [0.1, 0.15) is 36.3 Å². The Balaban J connectivity index is 1.89. The molecule has 0 bridgehead atoms. The van der Waals surface area contributed by atoms with Crippen LogP contribution in [0.25, 0.3) is 0 Å². The van der Waals surface area contributed by atoms with Gasteiger partial charge in [0.2, 0.25) is 0 Å². The number of amides is 1. The van der Waals surface area contributed by atoms with E-state index in [0.29, 0.717) is 23.6 Å². The van der Waals surface area contributed by atoms with E-state index in [-0.39, 0.29) is 5.91 Å². The lowest BCUT2D eigenvalue weighted by Gasteiger charge is -2.06. The topological polar surface area (TPSA) is 68.0 Å². The van der Waals surface area contributed by atoms with E-state index in [0.717, 1.165) is 12.1 Å². The van der Waals surface area contributed by atoms with Crippen LogP contribution in [-0.4, -0.2) is 24.0 Å². The molecule has 0 spiro atoms. The van der Waals surface area contributed by atoms with Gasteiger partial charge in [-0.15, -0.1) is 0 Å². The molecule has 100 valence electrons. The van der Waals surface area contributed by atoms with E-state index in [9.17, 15) is 4.79 Å². The van der Waals surface area contributed by atoms with Gasteiger partial charge in [-0.3, -0.25) is 4.79 Å². The largest absolute Gasteiger partial charge is 0.350 e. The fourth-order valence-corrected chi connectivity index (χ4v) is 1.99. The Bertz CT molecular complexity index is 523. The smallest absolute Gasteiger partial charge is 0.269 e. The monoisotopic (exact) mass is 257 g/mol. The molecular weight excluding hydrogens is 238 g/mol. The highest BCUT2D eigenvalue weighted by atomic mass is 16.1. The second kappa shape index (κ2) is 5.41. The van der Waals surface area contributed by atoms with Gasteiger partial charge in [-0.05, 0) is 29.9 Å². The van der Waals surface area contributed by atoms with E-state index in [1.54, 1.807) is 18.3 Å². The van der Waals surface area contributed by atoms with Crippen LogP contribution in [-0.2, 0) is 0 Å². The molecular formula is C15H19N3O. The molecule has 1 saturated carbocycles. The minimum atomic E-state index is -0.124. The first-order valence-corrected chi connectivity index (χ1v) is 6.46. The standard InChI is InChI=1S/C15H19N3O/c1-15(2)8-12(15)10-18-14(19)13-6-5-11(9-17-13)4-3-7-16/h5-6,9,12H,7-8,10,16H2,1-2H3,(H,18,19). The van der Waals surface area contributed by atoms with Gasteiger partial charge < -0.3 is 11.1 Å². The summed E-state index contributed by atoms with van der Waals surface area (Å²) in [6.45, 7) is 5.47. The second-order valence-corrected chi connectivity index (χ2v) is 5.54. The summed E-state index contributed by atoms with van der Waals surface area (Å²) in [6, 6.07) is 3.47. The number of carbonyl (C=O) groups is 1. The number of pyridine rings is 1. The molecule has 4 heteroatoms. The second-order valence-electron chi connectivity index (χ2n) is 5.54. The first kappa shape index (κ1) is 13.6. The van der Waals surface area contributed by atoms with Crippen molar-refractivity contribution < 1.29 is 4.79 Å². The number of hydrogen-bond donors (Lipinski definition) is 2. The van der Waals surface area contributed by atoms with Gasteiger partial charge in [0.05, 0.1) is 6.54 Å². The molecule has 1 aliphatic rings. The van der Waals surface area contributed by atoms with E-state index in [4.69, 9.17) is 5.73 Å². The molecule has 1 atom stereocenters. The Labute approximate surface area is 113 Å². The van der Waals surface area contributed by atoms with E-state index in [1.165, 1.54) is 6.42 Å². The van der Waals surface area contributed by atoms with Crippen molar-refractivity contribution >= 4 is 5.91 Å². The lowest BCUT2D eigenvalue weighted by atomic mass is 10.1. The molecule has 19 heavy (non-hydrogen) atoms. The zero-order chi connectivity index (χ0) is 13.9. The van der Waals surface area contributed by atoms with E-state index >= 15 is 0 Å². The van der Waals surface area contributed by atoms with Crippen LogP contribution in [0.3, 0.4) is 0 Å². The summed E-state index contributed by atoms with van der Waals surface area (Å²) >= 11 is 0. The first-order chi connectivity index (χ1) is 9.03. The van der Waals surface area contributed by atoms with Crippen LogP contribution in [0.2, 0.25) is 0 Å². The molecule has 1 aliphatic carbocycles. The summed E-state index contributed by atoms with van der Waals surface area (Å²) in [5.74, 6) is 6.09. The third kappa shape index (κ3) is 3.55. The van der Waals surface area contributed by atoms with Crippen molar-refractivity contribution in [1.82, 2.24) is 10.3 Å². The summed E-state index contributed by atoms with van der Waals surface area (Å²) < 4.78 is 0. The fourth-order valence-electron chi connectivity index (χ4n) is 1.99. The van der Waals surface area contributed by atoms with Crippen LogP contribution in [0.15, 0.2) is 18.3 Å². The number of nitrogens with two attached hydrogens (primary N) is 1. The molecule has 0 saturated heterocycles. The quantitative estimate of drug-likeness (QED) is 0.799. The molecule has 0 radical (unpaired) electrons. The maximum atomic E-state index is 11.9. The van der Waals surface area contributed by atoms with Gasteiger partial charge in [0.25, 0.3) is 5.91 Å². The van der Waals surface area contributed by atoms with Crippen molar-refractivity contribution in [3.63, 3.8) is 0 Å². The predicted molar refractivity (Wildman–Crippen MR) is 74.4 cm³/mol. The van der Waals surface area contributed by atoms with Crippen molar-refractivity contribution in [2.45, 2.75) is 20.3 Å². The molecule has 2 rings (SSSR count). The Hall–Kier alpha value is -1.86. The van der Waals surface area contributed by atoms with Gasteiger partial charge in [-0.1, -0.05) is 25.7 Å². The van der Waals surface area contributed by atoms with Crippen molar-refractivity contribution in [2.24, 2.45) is 17.1 Å². The zero-order valence-electron chi connectivity index (χ0n) is 11.4. The first-order valence-electron chi connectivity index (χ1n) is 6.46. The lowest BCUT2D eigenvalue weighted by Crippen LogP contribution is -2.27. The number of nitrogens with one attached hydrogen (secondary N) is 1. The van der Waals surface area contributed by atoms with Gasteiger partial charge in [0.15, 0.2) is 0 Å². The maximum Gasteiger partial charge on any atom is 0.269 e. The highest BCUT2D eigenvalue weighted by molar-refractivity contribution is 5.92. The lowest BCUT2D eigenvalue weighted by molar-refractivity contribution is 0.0945. The Kier molecular flexibility index (Phi) is 3.87. The van der Waals surface area contributed by atoms with Gasteiger partial charge in [-0.25, -0.2) is 4.98 Å². The number of carbonyl (C=O) groups excluding carboxylic acids is 1. The SMILES string of the molecule is CC1(C)CC1CNC(=O)c1ccc(C#CCN)cn1. The van der Waals surface area contributed by atoms with Crippen molar-refractivity contribution in [1.29, 1.82) is 0 Å². The molecule has 0 aromatic carbocycles. The molecule has 1 unspecified atom stereocenters. The number of nitrogens with zero attached hydrogens (tertiary/aromatic N) is 1. The van der Waals surface area contributed by atoms with E-state index in [1.807, 2.05) is 0 Å². The average molecular weight is 257 g/mol. The van der Waals surface area contributed by atoms with Crippen LogP contribution in [0.4, 0.5) is 0 Å². The van der Waals surface area contributed by atoms with Gasteiger partial charge >= 0.3 is 0 Å². The Morgan fingerprint density at radius 3 is 2.84 bits per heavy atom. The fraction of sp³-hybridized carbons (Fsp3) is 0.467. The van der Waals surface area contributed by atoms with Crippen molar-refractivity contribution in [3.05, 3.63) is 29.6 Å². The van der Waals surface area contributed by atoms with E-state index in [2.05, 4.69) is 36.0 Å². The Morgan fingerprint density at radius 2 is 2.32 bits per heavy atom. The highest BCUT2D eigenvalue weighted by Gasteiger charge is 2.45. The minimum Gasteiger partial charge on any atom is -0.350 e. The summed E-state index contributed by atoms with van der Waals surface area (Å²) in [6.07, 6.45) is 2.77. The number of aromatic nitrogens is 1. The zero-order valence-corrected chi connectivity index (χ0v) is 11.4. The Morgan fingerprint density at radius 1 is 1.58 bits per heavy atom. The third-order valence-electron chi connectivity index (χ3n) is 3.56. The molecule has 3 N–H and O–H groups in total. The van der Waals surface area contributed by atoms with Crippen LogP contribution >= 0.6 is 0 Å². The average Bonchev–Trinajstić information content (AvgIpc) is 3.02. The van der Waals surface area contributed by atoms with Gasteiger partial charge in [-0.2, -0.15) is 0 Å². The molecule has 1 aromatic rings. The number of hydrogen-bond acceptors (Lipinski definition) is 3. The van der Waals surface area contributed by atoms with Crippen LogP contribution in [0, 0.1) is 23.2 Å². The van der Waals surface area contributed by atoms with Crippen molar-refractivity contribution in [2.75, 3.05) is 13.1 Å².